The summed E-state index contributed by atoms with van der Waals surface area (Å²) in [5.41, 5.74) is 9.71. The van der Waals surface area contributed by atoms with Crippen molar-refractivity contribution in [2.24, 2.45) is 11.7 Å². The zero-order valence-corrected chi connectivity index (χ0v) is 11.9. The van der Waals surface area contributed by atoms with Crippen LogP contribution in [0.3, 0.4) is 0 Å². The monoisotopic (exact) mass is 245 g/mol. The summed E-state index contributed by atoms with van der Waals surface area (Å²) >= 11 is 0. The van der Waals surface area contributed by atoms with Crippen molar-refractivity contribution in [1.29, 1.82) is 0 Å². The van der Waals surface area contributed by atoms with Crippen molar-refractivity contribution in [2.75, 3.05) is 0 Å². The predicted octanol–water partition coefficient (Wildman–Crippen LogP) is 4.52. The maximum absolute atomic E-state index is 6.18. The molecule has 2 heteroatoms. The summed E-state index contributed by atoms with van der Waals surface area (Å²) in [6, 6.07) is 6.41. The van der Waals surface area contributed by atoms with Crippen LogP contribution in [0.2, 0.25) is 0 Å². The van der Waals surface area contributed by atoms with Gasteiger partial charge in [-0.25, -0.2) is 0 Å². The van der Waals surface area contributed by atoms with Crippen LogP contribution < -0.4 is 5.73 Å². The second-order valence-corrected chi connectivity index (χ2v) is 5.79. The fourth-order valence-electron chi connectivity index (χ4n) is 2.25. The van der Waals surface area contributed by atoms with Gasteiger partial charge in [-0.3, -0.25) is 0 Å². The zero-order valence-electron chi connectivity index (χ0n) is 11.9. The topological polar surface area (TPSA) is 39.2 Å². The molecule has 0 bridgehead atoms. The number of benzene rings is 1. The van der Waals surface area contributed by atoms with E-state index in [0.29, 0.717) is 11.8 Å². The summed E-state index contributed by atoms with van der Waals surface area (Å²) in [7, 11) is 0. The van der Waals surface area contributed by atoms with Gasteiger partial charge >= 0.3 is 0 Å². The highest BCUT2D eigenvalue weighted by Crippen LogP contribution is 2.33. The molecule has 2 aromatic rings. The molecule has 2 nitrogen and oxygen atoms in total. The molecule has 98 valence electrons. The number of fused-ring (bicyclic) bond motifs is 1. The van der Waals surface area contributed by atoms with Gasteiger partial charge < -0.3 is 10.2 Å². The summed E-state index contributed by atoms with van der Waals surface area (Å²) in [5, 5.41) is 1.20. The van der Waals surface area contributed by atoms with Crippen LogP contribution in [0.4, 0.5) is 0 Å². The van der Waals surface area contributed by atoms with Crippen LogP contribution in [0.25, 0.3) is 11.0 Å². The van der Waals surface area contributed by atoms with Crippen LogP contribution >= 0.6 is 0 Å². The van der Waals surface area contributed by atoms with Crippen LogP contribution in [-0.2, 0) is 0 Å². The molecule has 2 N–H and O–H groups in total. The number of aryl methyl sites for hydroxylation is 1. The van der Waals surface area contributed by atoms with Crippen molar-refractivity contribution >= 4 is 11.0 Å². The molecule has 1 unspecified atom stereocenters. The third-order valence-electron chi connectivity index (χ3n) is 3.62. The molecule has 0 amide bonds. The maximum atomic E-state index is 6.18. The van der Waals surface area contributed by atoms with Gasteiger partial charge in [0.25, 0.3) is 0 Å². The Labute approximate surface area is 109 Å². The Hall–Kier alpha value is -1.28. The number of hydrogen-bond acceptors (Lipinski definition) is 2. The number of furan rings is 1. The largest absolute Gasteiger partial charge is 0.459 e. The summed E-state index contributed by atoms with van der Waals surface area (Å²) in [5.74, 6) is 1.74. The van der Waals surface area contributed by atoms with E-state index in [-0.39, 0.29) is 6.04 Å². The molecule has 2 rings (SSSR count). The fraction of sp³-hybridized carbons (Fsp3) is 0.500. The lowest BCUT2D eigenvalue weighted by molar-refractivity contribution is 0.417. The highest BCUT2D eigenvalue weighted by atomic mass is 16.3. The highest BCUT2D eigenvalue weighted by Gasteiger charge is 2.18. The SMILES string of the molecule is Cc1ccc(C(C)C)c2oc(C(N)C(C)C)cc12. The van der Waals surface area contributed by atoms with Crippen LogP contribution in [-0.4, -0.2) is 0 Å². The molecular formula is C16H23NO. The van der Waals surface area contributed by atoms with Crippen molar-refractivity contribution in [2.45, 2.75) is 46.6 Å². The Balaban J connectivity index is 2.62. The first-order chi connectivity index (χ1) is 8.41. The van der Waals surface area contributed by atoms with E-state index in [1.54, 1.807) is 0 Å². The molecule has 0 aliphatic carbocycles. The standard InChI is InChI=1S/C16H23NO/c1-9(2)12-7-6-11(5)13-8-14(18-16(12)13)15(17)10(3)4/h6-10,15H,17H2,1-5H3. The highest BCUT2D eigenvalue weighted by molar-refractivity contribution is 5.85. The average molecular weight is 245 g/mol. The van der Waals surface area contributed by atoms with Gasteiger partial charge in [-0.2, -0.15) is 0 Å². The zero-order chi connectivity index (χ0) is 13.4. The van der Waals surface area contributed by atoms with Crippen molar-refractivity contribution in [3.8, 4) is 0 Å². The van der Waals surface area contributed by atoms with E-state index in [1.165, 1.54) is 16.5 Å². The molecule has 0 radical (unpaired) electrons. The van der Waals surface area contributed by atoms with E-state index in [4.69, 9.17) is 10.2 Å². The molecule has 0 spiro atoms. The molecule has 0 fully saturated rings. The second-order valence-electron chi connectivity index (χ2n) is 5.79. The maximum Gasteiger partial charge on any atom is 0.138 e. The summed E-state index contributed by atoms with van der Waals surface area (Å²) in [4.78, 5) is 0. The lowest BCUT2D eigenvalue weighted by Gasteiger charge is -2.12. The van der Waals surface area contributed by atoms with E-state index < -0.39 is 0 Å². The smallest absolute Gasteiger partial charge is 0.138 e. The first kappa shape index (κ1) is 13.2. The first-order valence-corrected chi connectivity index (χ1v) is 6.70. The van der Waals surface area contributed by atoms with Crippen molar-refractivity contribution in [3.05, 3.63) is 35.1 Å². The van der Waals surface area contributed by atoms with Crippen molar-refractivity contribution in [1.82, 2.24) is 0 Å². The fourth-order valence-corrected chi connectivity index (χ4v) is 2.25. The molecule has 0 saturated heterocycles. The third kappa shape index (κ3) is 2.17. The summed E-state index contributed by atoms with van der Waals surface area (Å²) in [6.07, 6.45) is 0. The van der Waals surface area contributed by atoms with Gasteiger partial charge in [-0.1, -0.05) is 39.8 Å². The Morgan fingerprint density at radius 2 is 1.78 bits per heavy atom. The van der Waals surface area contributed by atoms with Gasteiger partial charge in [-0.15, -0.1) is 0 Å². The van der Waals surface area contributed by atoms with E-state index >= 15 is 0 Å². The van der Waals surface area contributed by atoms with Crippen molar-refractivity contribution < 1.29 is 4.42 Å². The lowest BCUT2D eigenvalue weighted by atomic mass is 9.98. The van der Waals surface area contributed by atoms with E-state index in [0.717, 1.165) is 11.3 Å². The summed E-state index contributed by atoms with van der Waals surface area (Å²) in [6.45, 7) is 10.7. The normalized spacial score (nSPS) is 13.8. The van der Waals surface area contributed by atoms with Crippen LogP contribution in [0.1, 0.15) is 56.5 Å². The van der Waals surface area contributed by atoms with E-state index in [9.17, 15) is 0 Å². The number of rotatable bonds is 3. The predicted molar refractivity (Wildman–Crippen MR) is 76.8 cm³/mol. The van der Waals surface area contributed by atoms with Crippen LogP contribution in [0.15, 0.2) is 22.6 Å². The van der Waals surface area contributed by atoms with Gasteiger partial charge in [0.2, 0.25) is 0 Å². The number of nitrogens with two attached hydrogens (primary N) is 1. The average Bonchev–Trinajstić information content (AvgIpc) is 2.73. The third-order valence-corrected chi connectivity index (χ3v) is 3.62. The molecule has 18 heavy (non-hydrogen) atoms. The molecule has 1 aromatic heterocycles. The Morgan fingerprint density at radius 3 is 2.33 bits per heavy atom. The minimum Gasteiger partial charge on any atom is -0.459 e. The van der Waals surface area contributed by atoms with Gasteiger partial charge in [0.15, 0.2) is 0 Å². The van der Waals surface area contributed by atoms with Gasteiger partial charge in [0, 0.05) is 5.39 Å². The van der Waals surface area contributed by atoms with Gasteiger partial charge in [0.1, 0.15) is 11.3 Å². The summed E-state index contributed by atoms with van der Waals surface area (Å²) < 4.78 is 6.04. The second kappa shape index (κ2) is 4.77. The minimum atomic E-state index is -0.0307. The Bertz CT molecular complexity index is 551. The van der Waals surface area contributed by atoms with Crippen LogP contribution in [0, 0.1) is 12.8 Å². The first-order valence-electron chi connectivity index (χ1n) is 6.70. The molecule has 1 aromatic carbocycles. The van der Waals surface area contributed by atoms with Gasteiger partial charge in [0.05, 0.1) is 6.04 Å². The van der Waals surface area contributed by atoms with E-state index in [1.807, 2.05) is 0 Å². The molecule has 1 atom stereocenters. The number of hydrogen-bond donors (Lipinski definition) is 1. The van der Waals surface area contributed by atoms with Crippen LogP contribution in [0.5, 0.6) is 0 Å². The molecule has 0 aliphatic heterocycles. The molecule has 0 aliphatic rings. The lowest BCUT2D eigenvalue weighted by Crippen LogP contribution is -2.15. The minimum absolute atomic E-state index is 0.0307. The van der Waals surface area contributed by atoms with Gasteiger partial charge in [-0.05, 0) is 36.0 Å². The Morgan fingerprint density at radius 1 is 1.11 bits per heavy atom. The Kier molecular flexibility index (Phi) is 3.49. The van der Waals surface area contributed by atoms with Crippen molar-refractivity contribution in [3.63, 3.8) is 0 Å². The molecule has 0 saturated carbocycles. The van der Waals surface area contributed by atoms with E-state index in [2.05, 4.69) is 52.8 Å². The molecule has 1 heterocycles. The molecular weight excluding hydrogens is 222 g/mol. The quantitative estimate of drug-likeness (QED) is 0.863.